The van der Waals surface area contributed by atoms with Crippen LogP contribution in [-0.2, 0) is 0 Å². The molecule has 0 saturated carbocycles. The number of carboxylic acid groups (broad SMARTS) is 1. The lowest BCUT2D eigenvalue weighted by Gasteiger charge is -2.04. The summed E-state index contributed by atoms with van der Waals surface area (Å²) in [5.74, 6) is -0.945. The Morgan fingerprint density at radius 3 is 2.75 bits per heavy atom. The van der Waals surface area contributed by atoms with Crippen molar-refractivity contribution in [2.24, 2.45) is 0 Å². The molecule has 3 heteroatoms. The summed E-state index contributed by atoms with van der Waals surface area (Å²) in [5.41, 5.74) is 1.15. The molecule has 0 bridgehead atoms. The minimum absolute atomic E-state index is 0.232. The van der Waals surface area contributed by atoms with Crippen molar-refractivity contribution in [1.82, 2.24) is 0 Å². The molecule has 0 spiro atoms. The quantitative estimate of drug-likeness (QED) is 0.757. The number of aromatic carboxylic acids is 1. The van der Waals surface area contributed by atoms with Crippen LogP contribution in [0.1, 0.15) is 48.5 Å². The Labute approximate surface area is 101 Å². The molecule has 0 aromatic heterocycles. The highest BCUT2D eigenvalue weighted by Crippen LogP contribution is 2.21. The van der Waals surface area contributed by atoms with Gasteiger partial charge >= 0.3 is 5.97 Å². The van der Waals surface area contributed by atoms with Crippen molar-refractivity contribution in [2.45, 2.75) is 32.6 Å². The Balaban J connectivity index is 2.57. The molecule has 2 nitrogen and oxygen atoms in total. The van der Waals surface area contributed by atoms with Crippen LogP contribution in [0.15, 0.2) is 18.2 Å². The number of benzene rings is 1. The first-order chi connectivity index (χ1) is 7.65. The van der Waals surface area contributed by atoms with Gasteiger partial charge in [0.2, 0.25) is 0 Å². The first kappa shape index (κ1) is 13.0. The highest BCUT2D eigenvalue weighted by Gasteiger charge is 2.06. The molecule has 1 aromatic carbocycles. The summed E-state index contributed by atoms with van der Waals surface area (Å²) in [4.78, 5) is 10.7. The van der Waals surface area contributed by atoms with Gasteiger partial charge in [0.1, 0.15) is 0 Å². The number of unbranched alkanes of at least 4 members (excludes halogenated alkanes) is 3. The average Bonchev–Trinajstić information content (AvgIpc) is 2.26. The van der Waals surface area contributed by atoms with E-state index in [4.69, 9.17) is 16.7 Å². The van der Waals surface area contributed by atoms with E-state index in [0.29, 0.717) is 5.02 Å². The van der Waals surface area contributed by atoms with E-state index in [1.807, 2.05) is 0 Å². The van der Waals surface area contributed by atoms with Crippen molar-refractivity contribution in [3.8, 4) is 0 Å². The van der Waals surface area contributed by atoms with Gasteiger partial charge in [-0.05, 0) is 30.5 Å². The molecule has 1 N–H and O–H groups in total. The smallest absolute Gasteiger partial charge is 0.335 e. The van der Waals surface area contributed by atoms with E-state index in [9.17, 15) is 4.79 Å². The Bertz CT molecular complexity index is 361. The predicted octanol–water partition coefficient (Wildman–Crippen LogP) is 4.17. The van der Waals surface area contributed by atoms with E-state index in [1.54, 1.807) is 12.1 Å². The highest BCUT2D eigenvalue weighted by atomic mass is 35.5. The monoisotopic (exact) mass is 239 g/mol. The Morgan fingerprint density at radius 2 is 2.19 bits per heavy atom. The molecule has 87 valence electrons. The third-order valence-corrected chi connectivity index (χ3v) is 2.75. The summed E-state index contributed by atoms with van der Waals surface area (Å²) in [6.45, 7) is 2.16. The summed E-state index contributed by atoms with van der Waals surface area (Å²) in [6.07, 6.45) is 6.60. The first-order valence-electron chi connectivity index (χ1n) is 5.51. The SMILES string of the molecule is CCCCC[CH]c1ccc(C(=O)O)cc1Cl. The molecule has 0 aliphatic carbocycles. The minimum atomic E-state index is -0.945. The predicted molar refractivity (Wildman–Crippen MR) is 66.0 cm³/mol. The summed E-state index contributed by atoms with van der Waals surface area (Å²) >= 11 is 5.99. The average molecular weight is 240 g/mol. The van der Waals surface area contributed by atoms with Crippen molar-refractivity contribution in [3.63, 3.8) is 0 Å². The molecule has 0 aliphatic rings. The Morgan fingerprint density at radius 1 is 1.44 bits per heavy atom. The van der Waals surface area contributed by atoms with E-state index < -0.39 is 5.97 Å². The fourth-order valence-electron chi connectivity index (χ4n) is 1.48. The normalized spacial score (nSPS) is 10.4. The second-order valence-corrected chi connectivity index (χ2v) is 4.15. The molecular formula is C13H16ClO2. The van der Waals surface area contributed by atoms with Gasteiger partial charge in [-0.2, -0.15) is 0 Å². The standard InChI is InChI=1S/C13H16ClO2/c1-2-3-4-5-6-10-7-8-11(13(15)16)9-12(10)14/h6-9H,2-5H2,1H3,(H,15,16). The van der Waals surface area contributed by atoms with Crippen molar-refractivity contribution in [2.75, 3.05) is 0 Å². The molecule has 0 unspecified atom stereocenters. The van der Waals surface area contributed by atoms with Crippen LogP contribution in [0.25, 0.3) is 0 Å². The van der Waals surface area contributed by atoms with Crippen LogP contribution < -0.4 is 0 Å². The Kier molecular flexibility index (Phi) is 5.33. The molecule has 0 fully saturated rings. The van der Waals surface area contributed by atoms with Gasteiger partial charge in [0.15, 0.2) is 0 Å². The van der Waals surface area contributed by atoms with Gasteiger partial charge in [-0.1, -0.05) is 43.9 Å². The fourth-order valence-corrected chi connectivity index (χ4v) is 1.74. The van der Waals surface area contributed by atoms with E-state index >= 15 is 0 Å². The largest absolute Gasteiger partial charge is 0.478 e. The number of rotatable bonds is 6. The second-order valence-electron chi connectivity index (χ2n) is 3.74. The van der Waals surface area contributed by atoms with Crippen molar-refractivity contribution in [3.05, 3.63) is 40.8 Å². The molecule has 0 atom stereocenters. The van der Waals surface area contributed by atoms with E-state index in [1.165, 1.54) is 18.9 Å². The Hall–Kier alpha value is -1.02. The van der Waals surface area contributed by atoms with Gasteiger partial charge < -0.3 is 5.11 Å². The zero-order valence-electron chi connectivity index (χ0n) is 9.37. The van der Waals surface area contributed by atoms with Crippen LogP contribution in [0.3, 0.4) is 0 Å². The number of carbonyl (C=O) groups is 1. The van der Waals surface area contributed by atoms with Crippen LogP contribution in [-0.4, -0.2) is 11.1 Å². The summed E-state index contributed by atoms with van der Waals surface area (Å²) in [5, 5.41) is 9.29. The maximum Gasteiger partial charge on any atom is 0.335 e. The van der Waals surface area contributed by atoms with Crippen LogP contribution in [0, 0.1) is 6.42 Å². The van der Waals surface area contributed by atoms with E-state index in [2.05, 4.69) is 13.3 Å². The van der Waals surface area contributed by atoms with Crippen LogP contribution in [0.4, 0.5) is 0 Å². The molecule has 0 heterocycles. The van der Waals surface area contributed by atoms with Crippen LogP contribution >= 0.6 is 11.6 Å². The lowest BCUT2D eigenvalue weighted by molar-refractivity contribution is 0.0697. The summed E-state index contributed by atoms with van der Waals surface area (Å²) < 4.78 is 0. The van der Waals surface area contributed by atoms with Crippen molar-refractivity contribution in [1.29, 1.82) is 0 Å². The molecule has 0 amide bonds. The van der Waals surface area contributed by atoms with Crippen molar-refractivity contribution < 1.29 is 9.90 Å². The third kappa shape index (κ3) is 3.86. The van der Waals surface area contributed by atoms with Gasteiger partial charge in [0.25, 0.3) is 0 Å². The zero-order valence-corrected chi connectivity index (χ0v) is 10.1. The van der Waals surface area contributed by atoms with E-state index in [-0.39, 0.29) is 5.56 Å². The van der Waals surface area contributed by atoms with E-state index in [0.717, 1.165) is 18.4 Å². The molecule has 1 rings (SSSR count). The molecule has 0 saturated heterocycles. The molecule has 0 aliphatic heterocycles. The maximum absolute atomic E-state index is 10.7. The molecule has 1 aromatic rings. The number of halogens is 1. The first-order valence-corrected chi connectivity index (χ1v) is 5.89. The van der Waals surface area contributed by atoms with Crippen LogP contribution in [0.5, 0.6) is 0 Å². The lowest BCUT2D eigenvalue weighted by atomic mass is 10.0. The van der Waals surface area contributed by atoms with Gasteiger partial charge in [0, 0.05) is 5.02 Å². The molecular weight excluding hydrogens is 224 g/mol. The van der Waals surface area contributed by atoms with Crippen molar-refractivity contribution >= 4 is 17.6 Å². The second kappa shape index (κ2) is 6.54. The number of hydrogen-bond donors (Lipinski definition) is 1. The minimum Gasteiger partial charge on any atom is -0.478 e. The summed E-state index contributed by atoms with van der Waals surface area (Å²) in [7, 11) is 0. The van der Waals surface area contributed by atoms with Crippen LogP contribution in [0.2, 0.25) is 5.02 Å². The van der Waals surface area contributed by atoms with Gasteiger partial charge in [-0.25, -0.2) is 4.79 Å². The fraction of sp³-hybridized carbons (Fsp3) is 0.385. The molecule has 1 radical (unpaired) electrons. The third-order valence-electron chi connectivity index (χ3n) is 2.42. The van der Waals surface area contributed by atoms with Gasteiger partial charge in [-0.15, -0.1) is 0 Å². The zero-order chi connectivity index (χ0) is 12.0. The van der Waals surface area contributed by atoms with Gasteiger partial charge in [0.05, 0.1) is 5.56 Å². The van der Waals surface area contributed by atoms with Gasteiger partial charge in [-0.3, -0.25) is 0 Å². The maximum atomic E-state index is 10.7. The lowest BCUT2D eigenvalue weighted by Crippen LogP contribution is -1.96. The number of hydrogen-bond acceptors (Lipinski definition) is 1. The topological polar surface area (TPSA) is 37.3 Å². The highest BCUT2D eigenvalue weighted by molar-refractivity contribution is 6.31. The summed E-state index contributed by atoms with van der Waals surface area (Å²) in [6, 6.07) is 4.84. The number of carboxylic acids is 1. The molecule has 16 heavy (non-hydrogen) atoms.